The van der Waals surface area contributed by atoms with Crippen molar-refractivity contribution in [2.24, 2.45) is 5.92 Å². The van der Waals surface area contributed by atoms with Crippen molar-refractivity contribution in [3.63, 3.8) is 0 Å². The number of carbonyl (C=O) groups excluding carboxylic acids is 2. The fraction of sp³-hybridized carbons (Fsp3) is 0.273. The molecule has 0 aliphatic heterocycles. The number of nitrogens with zero attached hydrogens (tertiary/aromatic N) is 3. The predicted octanol–water partition coefficient (Wildman–Crippen LogP) is 2.35. The molecule has 0 radical (unpaired) electrons. The van der Waals surface area contributed by atoms with Gasteiger partial charge in [-0.25, -0.2) is 4.68 Å². The lowest BCUT2D eigenvalue weighted by Gasteiger charge is -2.18. The Morgan fingerprint density at radius 1 is 1.20 bits per heavy atom. The van der Waals surface area contributed by atoms with Crippen molar-refractivity contribution >= 4 is 17.5 Å². The summed E-state index contributed by atoms with van der Waals surface area (Å²) in [5.74, 6) is -0.188. The Morgan fingerprint density at radius 3 is 2.73 bits per heavy atom. The Morgan fingerprint density at radius 2 is 2.00 bits per heavy atom. The molecule has 0 saturated heterocycles. The van der Waals surface area contributed by atoms with Gasteiger partial charge in [-0.2, -0.15) is 5.10 Å². The summed E-state index contributed by atoms with van der Waals surface area (Å²) in [5.41, 5.74) is 2.32. The zero-order valence-corrected chi connectivity index (χ0v) is 16.6. The van der Waals surface area contributed by atoms with Crippen molar-refractivity contribution in [1.82, 2.24) is 20.1 Å². The molecule has 1 aliphatic rings. The van der Waals surface area contributed by atoms with Crippen molar-refractivity contribution < 1.29 is 14.3 Å². The number of rotatable bonds is 7. The predicted molar refractivity (Wildman–Crippen MR) is 111 cm³/mol. The molecular formula is C22H23N5O3. The molecule has 1 saturated carbocycles. The topological polar surface area (TPSA) is 98.1 Å². The molecule has 154 valence electrons. The molecule has 8 heteroatoms. The van der Waals surface area contributed by atoms with E-state index in [1.807, 2.05) is 24.3 Å². The maximum Gasteiger partial charge on any atom is 0.313 e. The Balaban J connectivity index is 1.37. The van der Waals surface area contributed by atoms with E-state index in [9.17, 15) is 9.59 Å². The number of methoxy groups -OCH3 is 1. The number of pyridine rings is 1. The molecule has 2 heterocycles. The second-order valence-corrected chi connectivity index (χ2v) is 7.31. The number of ether oxygens (including phenoxy) is 1. The van der Waals surface area contributed by atoms with Gasteiger partial charge in [0.25, 0.3) is 0 Å². The van der Waals surface area contributed by atoms with Gasteiger partial charge in [-0.15, -0.1) is 0 Å². The molecule has 2 amide bonds. The molecule has 0 spiro atoms. The Bertz CT molecular complexity index is 1030. The van der Waals surface area contributed by atoms with Gasteiger partial charge in [-0.3, -0.25) is 14.6 Å². The number of amides is 2. The lowest BCUT2D eigenvalue weighted by molar-refractivity contribution is -0.136. The summed E-state index contributed by atoms with van der Waals surface area (Å²) in [6.07, 6.45) is 9.22. The largest absolute Gasteiger partial charge is 0.497 e. The Kier molecular flexibility index (Phi) is 5.74. The third-order valence-electron chi connectivity index (χ3n) is 5.07. The highest BCUT2D eigenvalue weighted by molar-refractivity contribution is 6.39. The smallest absolute Gasteiger partial charge is 0.313 e. The fourth-order valence-corrected chi connectivity index (χ4v) is 3.33. The maximum atomic E-state index is 12.5. The molecule has 0 bridgehead atoms. The third-order valence-corrected chi connectivity index (χ3v) is 5.07. The van der Waals surface area contributed by atoms with Crippen molar-refractivity contribution in [3.05, 3.63) is 66.7 Å². The van der Waals surface area contributed by atoms with Gasteiger partial charge < -0.3 is 15.4 Å². The molecule has 2 aromatic heterocycles. The highest BCUT2D eigenvalue weighted by Gasteiger charge is 2.33. The van der Waals surface area contributed by atoms with E-state index in [4.69, 9.17) is 4.74 Å². The standard InChI is InChI=1S/C22H23N5O3/c1-30-19-4-2-3-15(11-19)12-20(16-5-6-16)26-22(29)21(28)25-17-13-24-27(14-17)18-7-9-23-10-8-18/h2-4,7-11,13-14,16,20H,5-6,12H2,1H3,(H,25,28)(H,26,29)/t20-/m0/s1. The van der Waals surface area contributed by atoms with E-state index in [0.717, 1.165) is 29.8 Å². The van der Waals surface area contributed by atoms with Gasteiger partial charge in [-0.1, -0.05) is 12.1 Å². The zero-order valence-electron chi connectivity index (χ0n) is 16.6. The molecule has 1 aliphatic carbocycles. The van der Waals surface area contributed by atoms with Crippen LogP contribution in [0, 0.1) is 5.92 Å². The van der Waals surface area contributed by atoms with Crippen molar-refractivity contribution in [2.75, 3.05) is 12.4 Å². The van der Waals surface area contributed by atoms with Gasteiger partial charge >= 0.3 is 11.8 Å². The van der Waals surface area contributed by atoms with E-state index < -0.39 is 11.8 Å². The minimum Gasteiger partial charge on any atom is -0.497 e. The molecule has 3 aromatic rings. The Hall–Kier alpha value is -3.68. The van der Waals surface area contributed by atoms with Crippen LogP contribution in [0.5, 0.6) is 5.75 Å². The highest BCUT2D eigenvalue weighted by atomic mass is 16.5. The number of carbonyl (C=O) groups is 2. The molecule has 1 fully saturated rings. The van der Waals surface area contributed by atoms with Crippen molar-refractivity contribution in [2.45, 2.75) is 25.3 Å². The normalized spacial score (nSPS) is 14.0. The van der Waals surface area contributed by atoms with Gasteiger partial charge in [0.1, 0.15) is 5.75 Å². The van der Waals surface area contributed by atoms with Crippen molar-refractivity contribution in [3.8, 4) is 11.4 Å². The van der Waals surface area contributed by atoms with Crippen LogP contribution in [0.3, 0.4) is 0 Å². The third kappa shape index (κ3) is 4.83. The summed E-state index contributed by atoms with van der Waals surface area (Å²) < 4.78 is 6.87. The summed E-state index contributed by atoms with van der Waals surface area (Å²) in [4.78, 5) is 28.9. The molecule has 30 heavy (non-hydrogen) atoms. The molecule has 4 rings (SSSR count). The van der Waals surface area contributed by atoms with Gasteiger partial charge in [0.2, 0.25) is 0 Å². The van der Waals surface area contributed by atoms with E-state index in [-0.39, 0.29) is 6.04 Å². The molecular weight excluding hydrogens is 382 g/mol. The van der Waals surface area contributed by atoms with E-state index in [2.05, 4.69) is 20.7 Å². The van der Waals surface area contributed by atoms with Crippen LogP contribution in [0.2, 0.25) is 0 Å². The maximum absolute atomic E-state index is 12.5. The first-order valence-corrected chi connectivity index (χ1v) is 9.82. The van der Waals surface area contributed by atoms with Crippen LogP contribution in [0.15, 0.2) is 61.2 Å². The average molecular weight is 405 g/mol. The Labute approximate surface area is 174 Å². The van der Waals surface area contributed by atoms with Crippen LogP contribution in [-0.2, 0) is 16.0 Å². The second-order valence-electron chi connectivity index (χ2n) is 7.31. The van der Waals surface area contributed by atoms with Gasteiger partial charge in [0, 0.05) is 18.4 Å². The molecule has 0 unspecified atom stereocenters. The lowest BCUT2D eigenvalue weighted by atomic mass is 10.0. The average Bonchev–Trinajstić information content (AvgIpc) is 3.52. The molecule has 1 atom stereocenters. The van der Waals surface area contributed by atoms with E-state index in [0.29, 0.717) is 18.0 Å². The molecule has 1 aromatic carbocycles. The first-order chi connectivity index (χ1) is 14.6. The first kappa shape index (κ1) is 19.6. The molecule has 2 N–H and O–H groups in total. The first-order valence-electron chi connectivity index (χ1n) is 9.82. The summed E-state index contributed by atoms with van der Waals surface area (Å²) in [6, 6.07) is 11.3. The minimum absolute atomic E-state index is 0.0881. The summed E-state index contributed by atoms with van der Waals surface area (Å²) in [5, 5.41) is 9.71. The number of hydrogen-bond acceptors (Lipinski definition) is 5. The monoisotopic (exact) mass is 405 g/mol. The van der Waals surface area contributed by atoms with E-state index >= 15 is 0 Å². The van der Waals surface area contributed by atoms with E-state index in [1.54, 1.807) is 42.5 Å². The van der Waals surface area contributed by atoms with Crippen LogP contribution in [0.25, 0.3) is 5.69 Å². The fourth-order valence-electron chi connectivity index (χ4n) is 3.33. The van der Waals surface area contributed by atoms with Gasteiger partial charge in [0.05, 0.1) is 30.9 Å². The zero-order chi connectivity index (χ0) is 20.9. The minimum atomic E-state index is -0.708. The number of anilines is 1. The quantitative estimate of drug-likeness (QED) is 0.588. The number of benzene rings is 1. The lowest BCUT2D eigenvalue weighted by Crippen LogP contribution is -2.44. The second kappa shape index (κ2) is 8.77. The van der Waals surface area contributed by atoms with Gasteiger partial charge in [-0.05, 0) is 55.0 Å². The number of hydrogen-bond donors (Lipinski definition) is 2. The van der Waals surface area contributed by atoms with E-state index in [1.165, 1.54) is 6.20 Å². The van der Waals surface area contributed by atoms with Crippen LogP contribution < -0.4 is 15.4 Å². The van der Waals surface area contributed by atoms with Crippen molar-refractivity contribution in [1.29, 1.82) is 0 Å². The molecule has 8 nitrogen and oxygen atoms in total. The van der Waals surface area contributed by atoms with Crippen LogP contribution in [0.1, 0.15) is 18.4 Å². The highest BCUT2D eigenvalue weighted by Crippen LogP contribution is 2.34. The summed E-state index contributed by atoms with van der Waals surface area (Å²) in [6.45, 7) is 0. The van der Waals surface area contributed by atoms with Crippen LogP contribution in [-0.4, -0.2) is 39.7 Å². The number of aromatic nitrogens is 3. The van der Waals surface area contributed by atoms with Gasteiger partial charge in [0.15, 0.2) is 0 Å². The summed E-state index contributed by atoms with van der Waals surface area (Å²) >= 11 is 0. The summed E-state index contributed by atoms with van der Waals surface area (Å²) in [7, 11) is 1.63. The van der Waals surface area contributed by atoms with Crippen LogP contribution >= 0.6 is 0 Å². The van der Waals surface area contributed by atoms with Crippen LogP contribution in [0.4, 0.5) is 5.69 Å². The SMILES string of the molecule is COc1cccc(C[C@H](NC(=O)C(=O)Nc2cnn(-c3ccncc3)c2)C2CC2)c1. The number of nitrogens with one attached hydrogen (secondary N) is 2.